The Morgan fingerprint density at radius 1 is 1.50 bits per heavy atom. The van der Waals surface area contributed by atoms with Crippen molar-refractivity contribution in [2.24, 2.45) is 0 Å². The molecule has 0 fully saturated rings. The Hall–Kier alpha value is -1.64. The molecule has 2 aromatic rings. The molecule has 0 radical (unpaired) electrons. The van der Waals surface area contributed by atoms with E-state index in [0.717, 1.165) is 6.42 Å². The van der Waals surface area contributed by atoms with Crippen LogP contribution in [-0.2, 0) is 16.4 Å². The minimum atomic E-state index is -3.68. The molecule has 0 aliphatic heterocycles. The van der Waals surface area contributed by atoms with E-state index in [4.69, 9.17) is 4.42 Å². The number of thiophene rings is 1. The molecule has 0 saturated carbocycles. The van der Waals surface area contributed by atoms with Gasteiger partial charge in [-0.15, -0.1) is 11.3 Å². The van der Waals surface area contributed by atoms with E-state index in [-0.39, 0.29) is 22.6 Å². The number of rotatable bonds is 6. The van der Waals surface area contributed by atoms with E-state index in [9.17, 15) is 13.2 Å². The standard InChI is InChI=1S/C14H18N2O4S2/c1-10(7-12-5-4-6-21-12)16(3)14(17)11-8-13(20-9-11)22(18,19)15-2/h4-6,8-10,15H,7H2,1-3H3/t10-/m0/s1. The van der Waals surface area contributed by atoms with Crippen molar-refractivity contribution in [1.29, 1.82) is 0 Å². The van der Waals surface area contributed by atoms with Crippen molar-refractivity contribution in [2.75, 3.05) is 14.1 Å². The number of carbonyl (C=O) groups excluding carboxylic acids is 1. The summed E-state index contributed by atoms with van der Waals surface area (Å²) in [6.07, 6.45) is 1.92. The lowest BCUT2D eigenvalue weighted by Crippen LogP contribution is -2.36. The van der Waals surface area contributed by atoms with Crippen LogP contribution in [0.4, 0.5) is 0 Å². The lowest BCUT2D eigenvalue weighted by Gasteiger charge is -2.24. The summed E-state index contributed by atoms with van der Waals surface area (Å²) in [6.45, 7) is 1.95. The molecular weight excluding hydrogens is 324 g/mol. The smallest absolute Gasteiger partial charge is 0.273 e. The van der Waals surface area contributed by atoms with Crippen molar-refractivity contribution in [2.45, 2.75) is 24.5 Å². The molecule has 2 heterocycles. The maximum atomic E-state index is 12.4. The first-order valence-electron chi connectivity index (χ1n) is 6.66. The first kappa shape index (κ1) is 16.7. The van der Waals surface area contributed by atoms with Crippen LogP contribution in [0, 0.1) is 0 Å². The molecule has 0 spiro atoms. The van der Waals surface area contributed by atoms with E-state index in [1.165, 1.54) is 24.3 Å². The van der Waals surface area contributed by atoms with Gasteiger partial charge in [0.15, 0.2) is 0 Å². The van der Waals surface area contributed by atoms with Gasteiger partial charge in [-0.3, -0.25) is 4.79 Å². The van der Waals surface area contributed by atoms with Crippen molar-refractivity contribution in [3.8, 4) is 0 Å². The highest BCUT2D eigenvalue weighted by atomic mass is 32.2. The van der Waals surface area contributed by atoms with Crippen LogP contribution >= 0.6 is 11.3 Å². The Bertz CT molecular complexity index is 735. The van der Waals surface area contributed by atoms with Crippen LogP contribution in [0.15, 0.2) is 39.4 Å². The molecule has 0 unspecified atom stereocenters. The molecule has 120 valence electrons. The fourth-order valence-corrected chi connectivity index (χ4v) is 3.42. The third-order valence-corrected chi connectivity index (χ3v) is 5.59. The average molecular weight is 342 g/mol. The van der Waals surface area contributed by atoms with Gasteiger partial charge in [0.05, 0.1) is 5.56 Å². The lowest BCUT2D eigenvalue weighted by atomic mass is 10.1. The van der Waals surface area contributed by atoms with E-state index < -0.39 is 10.0 Å². The first-order chi connectivity index (χ1) is 10.3. The van der Waals surface area contributed by atoms with Crippen LogP contribution in [0.2, 0.25) is 0 Å². The second-order valence-corrected chi connectivity index (χ2v) is 7.76. The maximum Gasteiger partial charge on any atom is 0.273 e. The molecule has 2 rings (SSSR count). The average Bonchev–Trinajstić information content (AvgIpc) is 3.17. The zero-order valence-electron chi connectivity index (χ0n) is 12.6. The largest absolute Gasteiger partial charge is 0.451 e. The van der Waals surface area contributed by atoms with Crippen molar-refractivity contribution in [3.63, 3.8) is 0 Å². The second-order valence-electron chi connectivity index (χ2n) is 4.91. The Balaban J connectivity index is 2.10. The summed E-state index contributed by atoms with van der Waals surface area (Å²) in [5.74, 6) is -0.273. The number of nitrogens with one attached hydrogen (secondary N) is 1. The van der Waals surface area contributed by atoms with Gasteiger partial charge in [-0.1, -0.05) is 6.07 Å². The van der Waals surface area contributed by atoms with Gasteiger partial charge in [0, 0.05) is 30.5 Å². The fraction of sp³-hybridized carbons (Fsp3) is 0.357. The summed E-state index contributed by atoms with van der Waals surface area (Å²) in [5, 5.41) is 1.73. The summed E-state index contributed by atoms with van der Waals surface area (Å²) in [4.78, 5) is 15.2. The molecule has 2 aromatic heterocycles. The number of hydrogen-bond acceptors (Lipinski definition) is 5. The predicted molar refractivity (Wildman–Crippen MR) is 84.5 cm³/mol. The molecule has 0 aliphatic rings. The topological polar surface area (TPSA) is 79.6 Å². The number of sulfonamides is 1. The fourth-order valence-electron chi connectivity index (χ4n) is 1.93. The van der Waals surface area contributed by atoms with Crippen molar-refractivity contribution < 1.29 is 17.6 Å². The molecule has 0 bridgehead atoms. The predicted octanol–water partition coefficient (Wildman–Crippen LogP) is 1.95. The molecule has 8 heteroatoms. The van der Waals surface area contributed by atoms with Gasteiger partial charge in [0.1, 0.15) is 6.26 Å². The molecule has 0 aromatic carbocycles. The highest BCUT2D eigenvalue weighted by Crippen LogP contribution is 2.18. The Morgan fingerprint density at radius 3 is 2.82 bits per heavy atom. The van der Waals surface area contributed by atoms with Gasteiger partial charge in [0.25, 0.3) is 15.9 Å². The van der Waals surface area contributed by atoms with Gasteiger partial charge in [-0.2, -0.15) is 0 Å². The van der Waals surface area contributed by atoms with Crippen LogP contribution < -0.4 is 4.72 Å². The third kappa shape index (κ3) is 3.57. The van der Waals surface area contributed by atoms with E-state index in [1.807, 2.05) is 24.4 Å². The Morgan fingerprint density at radius 2 is 2.23 bits per heavy atom. The van der Waals surface area contributed by atoms with Gasteiger partial charge in [0.2, 0.25) is 5.09 Å². The van der Waals surface area contributed by atoms with E-state index in [0.29, 0.717) is 0 Å². The maximum absolute atomic E-state index is 12.4. The molecular formula is C14H18N2O4S2. The summed E-state index contributed by atoms with van der Waals surface area (Å²) in [7, 11) is -0.703. The van der Waals surface area contributed by atoms with E-state index in [1.54, 1.807) is 23.3 Å². The van der Waals surface area contributed by atoms with Gasteiger partial charge in [-0.05, 0) is 25.4 Å². The summed E-state index contributed by atoms with van der Waals surface area (Å²) in [6, 6.07) is 5.22. The number of nitrogens with zero attached hydrogens (tertiary/aromatic N) is 1. The number of carbonyl (C=O) groups is 1. The van der Waals surface area contributed by atoms with Crippen LogP contribution in [-0.4, -0.2) is 39.4 Å². The molecule has 0 aliphatic carbocycles. The summed E-state index contributed by atoms with van der Waals surface area (Å²) in [5.41, 5.74) is 0.217. The van der Waals surface area contributed by atoms with Crippen molar-refractivity contribution in [1.82, 2.24) is 9.62 Å². The first-order valence-corrected chi connectivity index (χ1v) is 9.03. The molecule has 0 saturated heterocycles. The van der Waals surface area contributed by atoms with E-state index in [2.05, 4.69) is 4.72 Å². The minimum absolute atomic E-state index is 0.00888. The summed E-state index contributed by atoms with van der Waals surface area (Å²) >= 11 is 1.64. The molecule has 1 N–H and O–H groups in total. The van der Waals surface area contributed by atoms with Crippen LogP contribution in [0.25, 0.3) is 0 Å². The minimum Gasteiger partial charge on any atom is -0.451 e. The third-order valence-electron chi connectivity index (χ3n) is 3.41. The number of likely N-dealkylation sites (N-methyl/N-ethyl adjacent to an activating group) is 1. The van der Waals surface area contributed by atoms with Crippen LogP contribution in [0.5, 0.6) is 0 Å². The van der Waals surface area contributed by atoms with Gasteiger partial charge in [-0.25, -0.2) is 13.1 Å². The van der Waals surface area contributed by atoms with Crippen molar-refractivity contribution >= 4 is 27.3 Å². The Kier molecular flexibility index (Phi) is 5.05. The van der Waals surface area contributed by atoms with Gasteiger partial charge >= 0.3 is 0 Å². The highest BCUT2D eigenvalue weighted by Gasteiger charge is 2.23. The van der Waals surface area contributed by atoms with E-state index >= 15 is 0 Å². The van der Waals surface area contributed by atoms with Crippen LogP contribution in [0.1, 0.15) is 22.2 Å². The number of hydrogen-bond donors (Lipinski definition) is 1. The van der Waals surface area contributed by atoms with Gasteiger partial charge < -0.3 is 9.32 Å². The summed E-state index contributed by atoms with van der Waals surface area (Å²) < 4.78 is 30.4. The molecule has 1 amide bonds. The number of amides is 1. The highest BCUT2D eigenvalue weighted by molar-refractivity contribution is 7.89. The van der Waals surface area contributed by atoms with Crippen molar-refractivity contribution in [3.05, 3.63) is 40.3 Å². The normalized spacial score (nSPS) is 13.0. The molecule has 1 atom stereocenters. The molecule has 6 nitrogen and oxygen atoms in total. The zero-order chi connectivity index (χ0) is 16.3. The zero-order valence-corrected chi connectivity index (χ0v) is 14.2. The SMILES string of the molecule is CNS(=O)(=O)c1cc(C(=O)N(C)[C@@H](C)Cc2cccs2)co1. The van der Waals surface area contributed by atoms with Crippen LogP contribution in [0.3, 0.4) is 0 Å². The number of furan rings is 1. The monoisotopic (exact) mass is 342 g/mol. The second kappa shape index (κ2) is 6.64. The quantitative estimate of drug-likeness (QED) is 0.870. The molecule has 22 heavy (non-hydrogen) atoms. The Labute approximate surface area is 133 Å². The lowest BCUT2D eigenvalue weighted by molar-refractivity contribution is 0.0743.